The van der Waals surface area contributed by atoms with E-state index in [9.17, 15) is 0 Å². The highest BCUT2D eigenvalue weighted by atomic mass is 32.9. The molecule has 0 N–H and O–H groups in total. The number of unbranched alkanes of at least 4 members (excludes halogenated alkanes) is 6. The van der Waals surface area contributed by atoms with Crippen molar-refractivity contribution in [3.8, 4) is 0 Å². The first-order valence-corrected chi connectivity index (χ1v) is 13.3. The predicted octanol–water partition coefficient (Wildman–Crippen LogP) is 7.39. The summed E-state index contributed by atoms with van der Waals surface area (Å²) in [4.78, 5) is 0. The molecule has 0 fully saturated rings. The van der Waals surface area contributed by atoms with Crippen molar-refractivity contribution < 1.29 is 9.05 Å². The molecule has 140 valence electrons. The third-order valence-electron chi connectivity index (χ3n) is 4.15. The van der Waals surface area contributed by atoms with Gasteiger partial charge in [-0.05, 0) is 36.5 Å². The monoisotopic (exact) mass is 382 g/mol. The van der Waals surface area contributed by atoms with Crippen molar-refractivity contribution in [1.82, 2.24) is 0 Å². The quantitative estimate of drug-likeness (QED) is 0.170. The van der Waals surface area contributed by atoms with E-state index in [1.807, 2.05) is 0 Å². The Kier molecular flexibility index (Phi) is 15.8. The molecule has 0 saturated heterocycles. The number of rotatable bonds is 16. The molecular formula is C18H39O2PS2. The zero-order valence-electron chi connectivity index (χ0n) is 15.8. The van der Waals surface area contributed by atoms with Crippen LogP contribution in [0.3, 0.4) is 0 Å². The summed E-state index contributed by atoms with van der Waals surface area (Å²) < 4.78 is 11.6. The molecule has 2 nitrogen and oxygen atoms in total. The van der Waals surface area contributed by atoms with Gasteiger partial charge < -0.3 is 9.05 Å². The number of hydrogen-bond acceptors (Lipinski definition) is 3. The standard InChI is InChI=1S/C18H39O2PS2/c1-5-7-9-11-13-17(3)15-19-21(22,23)20-16-18(4)14-12-10-8-6-2/h17-18H,5-16H2,1-4H3,(H,22,23). The Balaban J connectivity index is 3.76. The van der Waals surface area contributed by atoms with Crippen molar-refractivity contribution >= 4 is 29.7 Å². The molecule has 0 aromatic carbocycles. The van der Waals surface area contributed by atoms with E-state index in [1.165, 1.54) is 64.2 Å². The molecule has 23 heavy (non-hydrogen) atoms. The molecule has 0 saturated carbocycles. The average Bonchev–Trinajstić information content (AvgIpc) is 2.52. The normalized spacial score (nSPS) is 16.9. The van der Waals surface area contributed by atoms with Crippen molar-refractivity contribution in [1.29, 1.82) is 0 Å². The molecule has 0 spiro atoms. The third-order valence-corrected chi connectivity index (χ3v) is 6.42. The molecule has 0 aliphatic carbocycles. The predicted molar refractivity (Wildman–Crippen MR) is 111 cm³/mol. The first-order chi connectivity index (χ1) is 10.9. The average molecular weight is 383 g/mol. The number of hydrogen-bond donors (Lipinski definition) is 1. The lowest BCUT2D eigenvalue weighted by Crippen LogP contribution is -2.07. The van der Waals surface area contributed by atoms with Gasteiger partial charge in [-0.1, -0.05) is 91.3 Å². The molecule has 0 amide bonds. The summed E-state index contributed by atoms with van der Waals surface area (Å²) in [6, 6.07) is 0. The van der Waals surface area contributed by atoms with Crippen LogP contribution in [0.5, 0.6) is 0 Å². The van der Waals surface area contributed by atoms with Gasteiger partial charge in [-0.2, -0.15) is 0 Å². The van der Waals surface area contributed by atoms with Gasteiger partial charge in [0.15, 0.2) is 0 Å². The van der Waals surface area contributed by atoms with Gasteiger partial charge >= 0.3 is 0 Å². The SMILES string of the molecule is CCCCCCC(C)COP(=S)(S)OCC(C)CCCCCC. The van der Waals surface area contributed by atoms with Crippen LogP contribution in [0, 0.1) is 11.8 Å². The molecule has 0 aromatic heterocycles. The fourth-order valence-corrected chi connectivity index (χ4v) is 4.21. The Bertz CT molecular complexity index is 287. The molecule has 5 heteroatoms. The molecule has 0 aliphatic heterocycles. The zero-order chi connectivity index (χ0) is 17.6. The lowest BCUT2D eigenvalue weighted by Gasteiger charge is -2.21. The highest BCUT2D eigenvalue weighted by molar-refractivity contribution is 8.60. The molecule has 0 bridgehead atoms. The maximum Gasteiger partial charge on any atom is 0.244 e. The van der Waals surface area contributed by atoms with Gasteiger partial charge in [0.2, 0.25) is 5.69 Å². The fourth-order valence-electron chi connectivity index (χ4n) is 2.49. The van der Waals surface area contributed by atoms with Crippen LogP contribution in [0.15, 0.2) is 0 Å². The Morgan fingerprint density at radius 3 is 1.52 bits per heavy atom. The van der Waals surface area contributed by atoms with E-state index in [2.05, 4.69) is 39.9 Å². The van der Waals surface area contributed by atoms with Crippen molar-refractivity contribution in [3.05, 3.63) is 0 Å². The highest BCUT2D eigenvalue weighted by Crippen LogP contribution is 2.54. The molecule has 0 radical (unpaired) electrons. The van der Waals surface area contributed by atoms with Crippen LogP contribution in [-0.2, 0) is 20.9 Å². The summed E-state index contributed by atoms with van der Waals surface area (Å²) in [6.07, 6.45) is 12.8. The molecule has 0 heterocycles. The summed E-state index contributed by atoms with van der Waals surface area (Å²) in [6.45, 7) is 10.3. The first-order valence-electron chi connectivity index (χ1n) is 9.53. The first kappa shape index (κ1) is 23.9. The number of thiol groups is 1. The van der Waals surface area contributed by atoms with Crippen molar-refractivity contribution in [2.24, 2.45) is 11.8 Å². The highest BCUT2D eigenvalue weighted by Gasteiger charge is 2.16. The molecule has 0 rings (SSSR count). The van der Waals surface area contributed by atoms with E-state index in [0.717, 1.165) is 0 Å². The van der Waals surface area contributed by atoms with E-state index < -0.39 is 5.69 Å². The van der Waals surface area contributed by atoms with Crippen molar-refractivity contribution in [3.63, 3.8) is 0 Å². The Morgan fingerprint density at radius 2 is 1.17 bits per heavy atom. The van der Waals surface area contributed by atoms with Crippen LogP contribution in [0.25, 0.3) is 0 Å². The summed E-state index contributed by atoms with van der Waals surface area (Å²) >= 11 is 9.89. The van der Waals surface area contributed by atoms with Gasteiger partial charge in [0, 0.05) is 0 Å². The van der Waals surface area contributed by atoms with E-state index in [-0.39, 0.29) is 0 Å². The summed E-state index contributed by atoms with van der Waals surface area (Å²) in [5.41, 5.74) is -2.36. The smallest absolute Gasteiger partial charge is 0.244 e. The van der Waals surface area contributed by atoms with Gasteiger partial charge in [-0.3, -0.25) is 0 Å². The summed E-state index contributed by atoms with van der Waals surface area (Å²) in [7, 11) is 0. The minimum atomic E-state index is -2.36. The van der Waals surface area contributed by atoms with Gasteiger partial charge in [0.25, 0.3) is 0 Å². The van der Waals surface area contributed by atoms with Gasteiger partial charge in [-0.15, -0.1) is 0 Å². The molecular weight excluding hydrogens is 343 g/mol. The Labute approximate surface area is 155 Å². The van der Waals surface area contributed by atoms with Crippen LogP contribution >= 0.6 is 17.9 Å². The third kappa shape index (κ3) is 16.2. The molecule has 0 aliphatic rings. The minimum Gasteiger partial charge on any atom is -0.322 e. The van der Waals surface area contributed by atoms with Crippen LogP contribution in [-0.4, -0.2) is 13.2 Å². The Morgan fingerprint density at radius 1 is 0.783 bits per heavy atom. The van der Waals surface area contributed by atoms with Crippen LogP contribution < -0.4 is 0 Å². The van der Waals surface area contributed by atoms with Gasteiger partial charge in [0.05, 0.1) is 13.2 Å². The largest absolute Gasteiger partial charge is 0.322 e. The van der Waals surface area contributed by atoms with Gasteiger partial charge in [0.1, 0.15) is 0 Å². The molecule has 2 atom stereocenters. The second-order valence-electron chi connectivity index (χ2n) is 6.97. The van der Waals surface area contributed by atoms with Crippen molar-refractivity contribution in [2.75, 3.05) is 13.2 Å². The topological polar surface area (TPSA) is 18.5 Å². The second-order valence-corrected chi connectivity index (χ2v) is 12.3. The zero-order valence-corrected chi connectivity index (χ0v) is 18.4. The Hall–Kier alpha value is 0.920. The second kappa shape index (κ2) is 15.2. The molecule has 0 aromatic rings. The maximum absolute atomic E-state index is 5.81. The van der Waals surface area contributed by atoms with E-state index in [4.69, 9.17) is 20.9 Å². The fraction of sp³-hybridized carbons (Fsp3) is 1.00. The maximum atomic E-state index is 5.81. The van der Waals surface area contributed by atoms with Crippen molar-refractivity contribution in [2.45, 2.75) is 91.9 Å². The van der Waals surface area contributed by atoms with E-state index in [1.54, 1.807) is 0 Å². The van der Waals surface area contributed by atoms with Crippen LogP contribution in [0.1, 0.15) is 91.9 Å². The van der Waals surface area contributed by atoms with E-state index >= 15 is 0 Å². The lowest BCUT2D eigenvalue weighted by atomic mass is 10.0. The molecule has 2 unspecified atom stereocenters. The van der Waals surface area contributed by atoms with E-state index in [0.29, 0.717) is 25.0 Å². The minimum absolute atomic E-state index is 0.538. The summed E-state index contributed by atoms with van der Waals surface area (Å²) in [5.74, 6) is 1.08. The lowest BCUT2D eigenvalue weighted by molar-refractivity contribution is 0.201. The van der Waals surface area contributed by atoms with Crippen LogP contribution in [0.4, 0.5) is 0 Å². The summed E-state index contributed by atoms with van der Waals surface area (Å²) in [5, 5.41) is 0. The van der Waals surface area contributed by atoms with Crippen LogP contribution in [0.2, 0.25) is 0 Å². The van der Waals surface area contributed by atoms with Gasteiger partial charge in [-0.25, -0.2) is 0 Å².